The Morgan fingerprint density at radius 3 is 2.83 bits per heavy atom. The van der Waals surface area contributed by atoms with Gasteiger partial charge in [0.15, 0.2) is 5.65 Å². The van der Waals surface area contributed by atoms with Crippen LogP contribution in [0.2, 0.25) is 0 Å². The van der Waals surface area contributed by atoms with Crippen LogP contribution in [0, 0.1) is 12.7 Å². The Hall–Kier alpha value is -2.76. The van der Waals surface area contributed by atoms with Gasteiger partial charge in [-0.25, -0.2) is 13.9 Å². The summed E-state index contributed by atoms with van der Waals surface area (Å²) in [6.45, 7) is 3.70. The molecule has 1 aromatic carbocycles. The second kappa shape index (κ2) is 6.16. The molecule has 1 N–H and O–H groups in total. The first-order chi connectivity index (χ1) is 11.0. The number of halogens is 1. The first-order valence-electron chi connectivity index (χ1n) is 7.40. The number of hydrogen-bond acceptors (Lipinski definition) is 3. The summed E-state index contributed by atoms with van der Waals surface area (Å²) in [6.07, 6.45) is 4.01. The van der Waals surface area contributed by atoms with Crippen molar-refractivity contribution < 1.29 is 9.18 Å². The Balaban J connectivity index is 1.75. The van der Waals surface area contributed by atoms with Crippen LogP contribution in [0.3, 0.4) is 0 Å². The van der Waals surface area contributed by atoms with Crippen molar-refractivity contribution in [2.75, 3.05) is 0 Å². The van der Waals surface area contributed by atoms with Crippen LogP contribution in [-0.4, -0.2) is 26.5 Å². The van der Waals surface area contributed by atoms with E-state index in [1.165, 1.54) is 12.1 Å². The number of carbonyl (C=O) groups excluding carboxylic acids is 1. The molecular weight excluding hydrogens is 295 g/mol. The topological polar surface area (TPSA) is 59.3 Å². The maximum atomic E-state index is 12.9. The van der Waals surface area contributed by atoms with Crippen LogP contribution in [0.15, 0.2) is 42.7 Å². The van der Waals surface area contributed by atoms with E-state index >= 15 is 0 Å². The number of carbonyl (C=O) groups is 1. The molecule has 0 aliphatic rings. The second-order valence-corrected chi connectivity index (χ2v) is 5.55. The largest absolute Gasteiger partial charge is 0.349 e. The molecule has 0 unspecified atom stereocenters. The van der Waals surface area contributed by atoms with E-state index in [1.807, 2.05) is 6.92 Å². The summed E-state index contributed by atoms with van der Waals surface area (Å²) in [5.74, 6) is -0.468. The molecule has 1 amide bonds. The van der Waals surface area contributed by atoms with Crippen molar-refractivity contribution in [1.29, 1.82) is 0 Å². The van der Waals surface area contributed by atoms with E-state index in [2.05, 4.69) is 15.4 Å². The highest BCUT2D eigenvalue weighted by Crippen LogP contribution is 2.13. The number of fused-ring (bicyclic) bond motifs is 1. The SMILES string of the molecule is Cc1nn2cccnc2c1C(=O)N[C@H](C)Cc1ccc(F)cc1. The fourth-order valence-electron chi connectivity index (χ4n) is 2.58. The molecule has 6 heteroatoms. The van der Waals surface area contributed by atoms with Gasteiger partial charge in [-0.05, 0) is 44.0 Å². The third-order valence-electron chi connectivity index (χ3n) is 3.63. The molecule has 0 spiro atoms. The van der Waals surface area contributed by atoms with E-state index < -0.39 is 0 Å². The van der Waals surface area contributed by atoms with E-state index in [9.17, 15) is 9.18 Å². The molecule has 118 valence electrons. The van der Waals surface area contributed by atoms with Gasteiger partial charge >= 0.3 is 0 Å². The minimum Gasteiger partial charge on any atom is -0.349 e. The zero-order chi connectivity index (χ0) is 16.4. The molecule has 0 aliphatic carbocycles. The molecule has 0 saturated heterocycles. The zero-order valence-electron chi connectivity index (χ0n) is 13.0. The Bertz CT molecular complexity index is 841. The van der Waals surface area contributed by atoms with Crippen molar-refractivity contribution in [2.24, 2.45) is 0 Å². The van der Waals surface area contributed by atoms with Crippen LogP contribution in [0.4, 0.5) is 4.39 Å². The molecule has 0 saturated carbocycles. The van der Waals surface area contributed by atoms with Gasteiger partial charge < -0.3 is 5.32 Å². The maximum Gasteiger partial charge on any atom is 0.257 e. The van der Waals surface area contributed by atoms with E-state index in [4.69, 9.17) is 0 Å². The number of amides is 1. The third kappa shape index (κ3) is 3.21. The number of aromatic nitrogens is 3. The lowest BCUT2D eigenvalue weighted by Gasteiger charge is -2.13. The van der Waals surface area contributed by atoms with Crippen LogP contribution in [0.1, 0.15) is 28.5 Å². The average Bonchev–Trinajstić information content (AvgIpc) is 2.85. The maximum absolute atomic E-state index is 12.9. The Morgan fingerprint density at radius 2 is 2.09 bits per heavy atom. The highest BCUT2D eigenvalue weighted by molar-refractivity contribution is 6.01. The van der Waals surface area contributed by atoms with Gasteiger partial charge in [0.1, 0.15) is 11.4 Å². The van der Waals surface area contributed by atoms with Gasteiger partial charge in [0, 0.05) is 18.4 Å². The van der Waals surface area contributed by atoms with Crippen molar-refractivity contribution in [3.63, 3.8) is 0 Å². The standard InChI is InChI=1S/C17H17FN4O/c1-11(10-13-4-6-14(18)7-5-13)20-17(23)15-12(2)21-22-9-3-8-19-16(15)22/h3-9,11H,10H2,1-2H3,(H,20,23)/t11-/m1/s1. The Morgan fingerprint density at radius 1 is 1.35 bits per heavy atom. The van der Waals surface area contributed by atoms with Gasteiger partial charge in [0.2, 0.25) is 0 Å². The molecule has 0 fully saturated rings. The number of nitrogens with one attached hydrogen (secondary N) is 1. The van der Waals surface area contributed by atoms with Gasteiger partial charge in [-0.3, -0.25) is 4.79 Å². The summed E-state index contributed by atoms with van der Waals surface area (Å²) in [4.78, 5) is 16.8. The summed E-state index contributed by atoms with van der Waals surface area (Å²) in [5, 5.41) is 7.24. The molecule has 2 heterocycles. The van der Waals surface area contributed by atoms with Crippen molar-refractivity contribution >= 4 is 11.6 Å². The number of rotatable bonds is 4. The van der Waals surface area contributed by atoms with Crippen molar-refractivity contribution in [2.45, 2.75) is 26.3 Å². The predicted molar refractivity (Wildman–Crippen MR) is 84.8 cm³/mol. The smallest absolute Gasteiger partial charge is 0.257 e. The highest BCUT2D eigenvalue weighted by Gasteiger charge is 2.19. The Labute approximate surface area is 133 Å². The minimum absolute atomic E-state index is 0.0916. The molecule has 5 nitrogen and oxygen atoms in total. The molecule has 23 heavy (non-hydrogen) atoms. The molecule has 3 aromatic rings. The number of nitrogens with zero attached hydrogens (tertiary/aromatic N) is 3. The molecule has 2 aromatic heterocycles. The van der Waals surface area contributed by atoms with Crippen LogP contribution >= 0.6 is 0 Å². The van der Waals surface area contributed by atoms with Gasteiger partial charge in [-0.15, -0.1) is 0 Å². The van der Waals surface area contributed by atoms with Crippen molar-refractivity contribution in [1.82, 2.24) is 19.9 Å². The quantitative estimate of drug-likeness (QED) is 0.805. The lowest BCUT2D eigenvalue weighted by atomic mass is 10.1. The van der Waals surface area contributed by atoms with Crippen LogP contribution in [-0.2, 0) is 6.42 Å². The van der Waals surface area contributed by atoms with Gasteiger partial charge in [0.05, 0.1) is 5.69 Å². The first kappa shape index (κ1) is 15.1. The summed E-state index contributed by atoms with van der Waals surface area (Å²) < 4.78 is 14.5. The first-order valence-corrected chi connectivity index (χ1v) is 7.40. The van der Waals surface area contributed by atoms with Gasteiger partial charge in [0.25, 0.3) is 5.91 Å². The molecule has 0 bridgehead atoms. The van der Waals surface area contributed by atoms with Crippen LogP contribution in [0.25, 0.3) is 5.65 Å². The van der Waals surface area contributed by atoms with E-state index in [1.54, 1.807) is 42.0 Å². The zero-order valence-corrected chi connectivity index (χ0v) is 13.0. The normalized spacial score (nSPS) is 12.3. The van der Waals surface area contributed by atoms with E-state index in [-0.39, 0.29) is 17.8 Å². The molecular formula is C17H17FN4O. The lowest BCUT2D eigenvalue weighted by molar-refractivity contribution is 0.0941. The number of aryl methyl sites for hydroxylation is 1. The summed E-state index contributed by atoms with van der Waals surface area (Å²) in [6, 6.07) is 7.95. The van der Waals surface area contributed by atoms with Gasteiger partial charge in [-0.1, -0.05) is 12.1 Å². The fourth-order valence-corrected chi connectivity index (χ4v) is 2.58. The third-order valence-corrected chi connectivity index (χ3v) is 3.63. The summed E-state index contributed by atoms with van der Waals surface area (Å²) >= 11 is 0. The van der Waals surface area contributed by atoms with E-state index in [0.29, 0.717) is 23.3 Å². The lowest BCUT2D eigenvalue weighted by Crippen LogP contribution is -2.34. The Kier molecular flexibility index (Phi) is 4.06. The highest BCUT2D eigenvalue weighted by atomic mass is 19.1. The number of hydrogen-bond donors (Lipinski definition) is 1. The van der Waals surface area contributed by atoms with Crippen LogP contribution in [0.5, 0.6) is 0 Å². The molecule has 0 radical (unpaired) electrons. The summed E-state index contributed by atoms with van der Waals surface area (Å²) in [7, 11) is 0. The fraction of sp³-hybridized carbons (Fsp3) is 0.235. The predicted octanol–water partition coefficient (Wildman–Crippen LogP) is 2.54. The van der Waals surface area contributed by atoms with E-state index in [0.717, 1.165) is 5.56 Å². The second-order valence-electron chi connectivity index (χ2n) is 5.55. The average molecular weight is 312 g/mol. The van der Waals surface area contributed by atoms with Crippen molar-refractivity contribution in [3.8, 4) is 0 Å². The summed E-state index contributed by atoms with van der Waals surface area (Å²) in [5.41, 5.74) is 2.62. The molecule has 0 aliphatic heterocycles. The molecule has 3 rings (SSSR count). The van der Waals surface area contributed by atoms with Crippen molar-refractivity contribution in [3.05, 3.63) is 65.4 Å². The number of benzene rings is 1. The van der Waals surface area contributed by atoms with Gasteiger partial charge in [-0.2, -0.15) is 5.10 Å². The monoisotopic (exact) mass is 312 g/mol. The van der Waals surface area contributed by atoms with Crippen LogP contribution < -0.4 is 5.32 Å². The minimum atomic E-state index is -0.265. The molecule has 1 atom stereocenters.